The molecule has 2 rings (SSSR count). The van der Waals surface area contributed by atoms with E-state index in [1.165, 1.54) is 7.11 Å². The summed E-state index contributed by atoms with van der Waals surface area (Å²) in [5.41, 5.74) is 0.0328. The van der Waals surface area contributed by atoms with Crippen LogP contribution in [-0.2, 0) is 9.53 Å². The Morgan fingerprint density at radius 2 is 2.10 bits per heavy atom. The monoisotopic (exact) mass is 286 g/mol. The number of benzene rings is 1. The van der Waals surface area contributed by atoms with Gasteiger partial charge in [-0.3, -0.25) is 4.79 Å². The normalized spacial score (nSPS) is 22.4. The lowest BCUT2D eigenvalue weighted by atomic mass is 10.1. The molecule has 1 fully saturated rings. The maximum absolute atomic E-state index is 13.5. The van der Waals surface area contributed by atoms with Gasteiger partial charge in [-0.2, -0.15) is 0 Å². The van der Waals surface area contributed by atoms with Crippen molar-refractivity contribution in [3.8, 4) is 5.75 Å². The zero-order valence-corrected chi connectivity index (χ0v) is 11.2. The molecule has 20 heavy (non-hydrogen) atoms. The largest absolute Gasteiger partial charge is 0.491 e. The van der Waals surface area contributed by atoms with Crippen LogP contribution in [0.1, 0.15) is 6.92 Å². The van der Waals surface area contributed by atoms with Gasteiger partial charge in [0.2, 0.25) is 5.91 Å². The van der Waals surface area contributed by atoms with Gasteiger partial charge in [-0.15, -0.1) is 0 Å². The second-order valence-corrected chi connectivity index (χ2v) is 4.47. The van der Waals surface area contributed by atoms with Crippen LogP contribution in [0.3, 0.4) is 0 Å². The van der Waals surface area contributed by atoms with Crippen molar-refractivity contribution in [1.29, 1.82) is 0 Å². The van der Waals surface area contributed by atoms with Crippen LogP contribution >= 0.6 is 0 Å². The van der Waals surface area contributed by atoms with Crippen LogP contribution in [0.2, 0.25) is 0 Å². The van der Waals surface area contributed by atoms with Gasteiger partial charge in [0.25, 0.3) is 0 Å². The smallest absolute Gasteiger partial charge is 0.244 e. The first-order chi connectivity index (χ1) is 9.52. The number of amides is 1. The molecular weight excluding hydrogens is 270 g/mol. The van der Waals surface area contributed by atoms with Gasteiger partial charge < -0.3 is 20.1 Å². The van der Waals surface area contributed by atoms with Crippen LogP contribution in [0.4, 0.5) is 14.5 Å². The number of morpholine rings is 1. The Balaban J connectivity index is 2.11. The first-order valence-corrected chi connectivity index (χ1v) is 6.22. The van der Waals surface area contributed by atoms with Crippen molar-refractivity contribution in [2.24, 2.45) is 0 Å². The van der Waals surface area contributed by atoms with E-state index < -0.39 is 29.3 Å². The Hall–Kier alpha value is -1.73. The second kappa shape index (κ2) is 6.15. The standard InChI is InChI=1S/C13H16F2N2O3/c1-7-11(16-3-4-20-7)13(18)17-8-5-9(14)12(19-2)10(15)6-8/h5-7,11,16H,3-4H2,1-2H3,(H,17,18)/t7-,11+/m1/s1. The Kier molecular flexibility index (Phi) is 4.51. The van der Waals surface area contributed by atoms with E-state index in [1.807, 2.05) is 0 Å². The lowest BCUT2D eigenvalue weighted by molar-refractivity contribution is -0.123. The van der Waals surface area contributed by atoms with E-state index in [4.69, 9.17) is 4.74 Å². The maximum atomic E-state index is 13.5. The van der Waals surface area contributed by atoms with E-state index in [2.05, 4.69) is 15.4 Å². The highest BCUT2D eigenvalue weighted by atomic mass is 19.1. The molecule has 7 heteroatoms. The van der Waals surface area contributed by atoms with E-state index in [-0.39, 0.29) is 11.8 Å². The zero-order chi connectivity index (χ0) is 14.7. The minimum Gasteiger partial charge on any atom is -0.491 e. The van der Waals surface area contributed by atoms with Crippen LogP contribution < -0.4 is 15.4 Å². The topological polar surface area (TPSA) is 59.6 Å². The number of halogens is 2. The first kappa shape index (κ1) is 14.7. The van der Waals surface area contributed by atoms with E-state index in [9.17, 15) is 13.6 Å². The highest BCUT2D eigenvalue weighted by Gasteiger charge is 2.28. The lowest BCUT2D eigenvalue weighted by Gasteiger charge is -2.29. The van der Waals surface area contributed by atoms with Crippen molar-refractivity contribution in [3.63, 3.8) is 0 Å². The molecular formula is C13H16F2N2O3. The maximum Gasteiger partial charge on any atom is 0.244 e. The highest BCUT2D eigenvalue weighted by Crippen LogP contribution is 2.25. The van der Waals surface area contributed by atoms with Gasteiger partial charge in [-0.1, -0.05) is 0 Å². The third-order valence-corrected chi connectivity index (χ3v) is 3.07. The predicted molar refractivity (Wildman–Crippen MR) is 68.7 cm³/mol. The molecule has 0 bridgehead atoms. The molecule has 5 nitrogen and oxygen atoms in total. The quantitative estimate of drug-likeness (QED) is 0.879. The number of hydrogen-bond acceptors (Lipinski definition) is 4. The summed E-state index contributed by atoms with van der Waals surface area (Å²) in [7, 11) is 1.17. The molecule has 1 heterocycles. The fraction of sp³-hybridized carbons (Fsp3) is 0.462. The molecule has 0 saturated carbocycles. The number of hydrogen-bond donors (Lipinski definition) is 2. The number of anilines is 1. The van der Waals surface area contributed by atoms with Crippen LogP contribution in [0.15, 0.2) is 12.1 Å². The fourth-order valence-corrected chi connectivity index (χ4v) is 2.07. The Labute approximate surface area is 115 Å². The Morgan fingerprint density at radius 1 is 1.45 bits per heavy atom. The summed E-state index contributed by atoms with van der Waals surface area (Å²) < 4.78 is 37.0. The summed E-state index contributed by atoms with van der Waals surface area (Å²) in [6, 6.07) is 1.46. The van der Waals surface area contributed by atoms with Crippen molar-refractivity contribution in [3.05, 3.63) is 23.8 Å². The van der Waals surface area contributed by atoms with Gasteiger partial charge in [0.05, 0.1) is 19.8 Å². The second-order valence-electron chi connectivity index (χ2n) is 4.47. The molecule has 0 spiro atoms. The number of nitrogens with one attached hydrogen (secondary N) is 2. The number of ether oxygens (including phenoxy) is 2. The summed E-state index contributed by atoms with van der Waals surface area (Å²) in [6.45, 7) is 2.83. The molecule has 1 aromatic carbocycles. The molecule has 2 N–H and O–H groups in total. The van der Waals surface area contributed by atoms with Crippen molar-refractivity contribution in [2.45, 2.75) is 19.1 Å². The molecule has 0 radical (unpaired) electrons. The third-order valence-electron chi connectivity index (χ3n) is 3.07. The number of rotatable bonds is 3. The van der Waals surface area contributed by atoms with Crippen molar-refractivity contribution in [2.75, 3.05) is 25.6 Å². The van der Waals surface area contributed by atoms with Gasteiger partial charge >= 0.3 is 0 Å². The zero-order valence-electron chi connectivity index (χ0n) is 11.2. The van der Waals surface area contributed by atoms with E-state index in [1.54, 1.807) is 6.92 Å². The molecule has 0 unspecified atom stereocenters. The van der Waals surface area contributed by atoms with Gasteiger partial charge in [0.1, 0.15) is 6.04 Å². The van der Waals surface area contributed by atoms with Crippen molar-refractivity contribution < 1.29 is 23.0 Å². The van der Waals surface area contributed by atoms with Gasteiger partial charge in [0, 0.05) is 24.4 Å². The fourth-order valence-electron chi connectivity index (χ4n) is 2.07. The van der Waals surface area contributed by atoms with Crippen LogP contribution in [0.5, 0.6) is 5.75 Å². The Bertz CT molecular complexity index is 487. The minimum atomic E-state index is -0.872. The van der Waals surface area contributed by atoms with E-state index >= 15 is 0 Å². The van der Waals surface area contributed by atoms with Crippen LogP contribution in [0.25, 0.3) is 0 Å². The van der Waals surface area contributed by atoms with Crippen molar-refractivity contribution >= 4 is 11.6 Å². The molecule has 0 aliphatic carbocycles. The summed E-state index contributed by atoms with van der Waals surface area (Å²) in [6.07, 6.45) is -0.309. The predicted octanol–water partition coefficient (Wildman–Crippen LogP) is 1.29. The van der Waals surface area contributed by atoms with Crippen LogP contribution in [-0.4, -0.2) is 38.3 Å². The number of carbonyl (C=O) groups is 1. The average molecular weight is 286 g/mol. The summed E-state index contributed by atoms with van der Waals surface area (Å²) in [5, 5.41) is 5.45. The molecule has 1 aromatic rings. The molecule has 1 saturated heterocycles. The SMILES string of the molecule is COc1c(F)cc(NC(=O)[C@H]2NCCO[C@@H]2C)cc1F. The van der Waals surface area contributed by atoms with Crippen LogP contribution in [0, 0.1) is 11.6 Å². The minimum absolute atomic E-state index is 0.0328. The summed E-state index contributed by atoms with van der Waals surface area (Å²) in [4.78, 5) is 12.0. The van der Waals surface area contributed by atoms with Crippen molar-refractivity contribution in [1.82, 2.24) is 5.32 Å². The molecule has 0 aromatic heterocycles. The molecule has 2 atom stereocenters. The molecule has 110 valence electrons. The Morgan fingerprint density at radius 3 is 2.65 bits per heavy atom. The highest BCUT2D eigenvalue weighted by molar-refractivity contribution is 5.95. The van der Waals surface area contributed by atoms with E-state index in [0.29, 0.717) is 13.2 Å². The van der Waals surface area contributed by atoms with Gasteiger partial charge in [-0.05, 0) is 6.92 Å². The number of methoxy groups -OCH3 is 1. The summed E-state index contributed by atoms with van der Waals surface area (Å²) >= 11 is 0. The van der Waals surface area contributed by atoms with Gasteiger partial charge in [-0.25, -0.2) is 8.78 Å². The van der Waals surface area contributed by atoms with Gasteiger partial charge in [0.15, 0.2) is 17.4 Å². The third kappa shape index (κ3) is 3.05. The molecule has 1 aliphatic heterocycles. The summed E-state index contributed by atoms with van der Waals surface area (Å²) in [5.74, 6) is -2.62. The molecule has 1 amide bonds. The average Bonchev–Trinajstić information content (AvgIpc) is 2.38. The molecule has 1 aliphatic rings. The first-order valence-electron chi connectivity index (χ1n) is 6.22. The lowest BCUT2D eigenvalue weighted by Crippen LogP contribution is -2.53. The number of carbonyl (C=O) groups excluding carboxylic acids is 1. The van der Waals surface area contributed by atoms with E-state index in [0.717, 1.165) is 12.1 Å².